The van der Waals surface area contributed by atoms with Gasteiger partial charge in [-0.05, 0) is 23.6 Å². The summed E-state index contributed by atoms with van der Waals surface area (Å²) in [6.45, 7) is 8.25. The van der Waals surface area contributed by atoms with Crippen LogP contribution in [-0.2, 0) is 19.1 Å². The molecule has 2 heterocycles. The van der Waals surface area contributed by atoms with Gasteiger partial charge in [-0.2, -0.15) is 0 Å². The molecule has 1 spiro atoms. The van der Waals surface area contributed by atoms with Gasteiger partial charge in [0.05, 0.1) is 13.2 Å². The number of nitrogens with zero attached hydrogens (tertiary/aromatic N) is 2. The smallest absolute Gasteiger partial charge is 0.242 e. The molecule has 2 fully saturated rings. The van der Waals surface area contributed by atoms with E-state index in [2.05, 4.69) is 13.8 Å². The normalized spacial score (nSPS) is 19.2. The molecule has 6 heteroatoms. The van der Waals surface area contributed by atoms with Crippen LogP contribution in [0.1, 0.15) is 45.1 Å². The fourth-order valence-corrected chi connectivity index (χ4v) is 3.54. The van der Waals surface area contributed by atoms with Crippen LogP contribution in [-0.4, -0.2) is 55.3 Å². The lowest BCUT2D eigenvalue weighted by molar-refractivity contribution is -0.187. The van der Waals surface area contributed by atoms with Gasteiger partial charge >= 0.3 is 0 Å². The molecular weight excluding hydrogens is 332 g/mol. The minimum Gasteiger partial charge on any atom is -0.347 e. The minimum absolute atomic E-state index is 0.0408. The number of hydrogen-bond acceptors (Lipinski definition) is 4. The van der Waals surface area contributed by atoms with Crippen LogP contribution in [0, 0.1) is 0 Å². The molecule has 0 bridgehead atoms. The van der Waals surface area contributed by atoms with E-state index in [-0.39, 0.29) is 18.4 Å². The average Bonchev–Trinajstić information content (AvgIpc) is 3.08. The second kappa shape index (κ2) is 7.76. The molecule has 3 rings (SSSR count). The van der Waals surface area contributed by atoms with E-state index in [0.29, 0.717) is 45.1 Å². The Morgan fingerprint density at radius 1 is 1.12 bits per heavy atom. The Labute approximate surface area is 155 Å². The molecule has 0 aliphatic carbocycles. The fourth-order valence-electron chi connectivity index (χ4n) is 3.54. The van der Waals surface area contributed by atoms with Crippen molar-refractivity contribution in [1.82, 2.24) is 4.90 Å². The maximum absolute atomic E-state index is 12.7. The van der Waals surface area contributed by atoms with E-state index in [4.69, 9.17) is 9.47 Å². The molecule has 2 amide bonds. The van der Waals surface area contributed by atoms with Crippen molar-refractivity contribution in [3.05, 3.63) is 29.8 Å². The van der Waals surface area contributed by atoms with Crippen LogP contribution in [0.25, 0.3) is 0 Å². The third kappa shape index (κ3) is 4.07. The molecule has 0 unspecified atom stereocenters. The first-order chi connectivity index (χ1) is 12.4. The van der Waals surface area contributed by atoms with Gasteiger partial charge in [-0.25, -0.2) is 0 Å². The highest BCUT2D eigenvalue weighted by atomic mass is 16.7. The maximum atomic E-state index is 12.7. The second-order valence-corrected chi connectivity index (χ2v) is 7.34. The van der Waals surface area contributed by atoms with E-state index in [1.54, 1.807) is 9.80 Å². The van der Waals surface area contributed by atoms with E-state index >= 15 is 0 Å². The first kappa shape index (κ1) is 18.9. The molecule has 0 saturated carbocycles. The fraction of sp³-hybridized carbons (Fsp3) is 0.600. The van der Waals surface area contributed by atoms with Crippen LogP contribution in [0.2, 0.25) is 0 Å². The summed E-state index contributed by atoms with van der Waals surface area (Å²) in [5, 5.41) is 0. The summed E-state index contributed by atoms with van der Waals surface area (Å²) < 4.78 is 11.4. The Kier molecular flexibility index (Phi) is 5.63. The third-order valence-electron chi connectivity index (χ3n) is 5.24. The lowest BCUT2D eigenvalue weighted by atomic mass is 10.0. The van der Waals surface area contributed by atoms with Crippen LogP contribution in [0.5, 0.6) is 0 Å². The van der Waals surface area contributed by atoms with E-state index in [1.807, 2.05) is 24.3 Å². The topological polar surface area (TPSA) is 59.1 Å². The number of carbonyl (C=O) groups is 2. The summed E-state index contributed by atoms with van der Waals surface area (Å²) in [4.78, 5) is 28.2. The molecule has 0 radical (unpaired) electrons. The summed E-state index contributed by atoms with van der Waals surface area (Å²) in [5.74, 6) is -0.242. The van der Waals surface area contributed by atoms with Gasteiger partial charge in [0.25, 0.3) is 0 Å². The summed E-state index contributed by atoms with van der Waals surface area (Å²) >= 11 is 0. The zero-order chi connectivity index (χ0) is 18.7. The Hall–Kier alpha value is -1.92. The summed E-state index contributed by atoms with van der Waals surface area (Å²) in [6.07, 6.45) is 1.36. The van der Waals surface area contributed by atoms with Crippen molar-refractivity contribution in [3.8, 4) is 0 Å². The van der Waals surface area contributed by atoms with Crippen molar-refractivity contribution in [3.63, 3.8) is 0 Å². The van der Waals surface area contributed by atoms with Crippen molar-refractivity contribution in [1.29, 1.82) is 0 Å². The quantitative estimate of drug-likeness (QED) is 0.828. The van der Waals surface area contributed by atoms with Crippen molar-refractivity contribution in [2.75, 3.05) is 37.7 Å². The third-order valence-corrected chi connectivity index (χ3v) is 5.24. The molecular formula is C20H28N2O4. The SMILES string of the molecule is CC(=O)N(CC(=O)N1CCC2(CC1)OCCO2)c1ccc(C(C)C)cc1. The number of benzene rings is 1. The van der Waals surface area contributed by atoms with Crippen LogP contribution < -0.4 is 4.90 Å². The van der Waals surface area contributed by atoms with Crippen LogP contribution >= 0.6 is 0 Å². The number of likely N-dealkylation sites (tertiary alicyclic amines) is 1. The number of hydrogen-bond donors (Lipinski definition) is 0. The van der Waals surface area contributed by atoms with Gasteiger partial charge in [0.1, 0.15) is 6.54 Å². The number of amides is 2. The largest absolute Gasteiger partial charge is 0.347 e. The van der Waals surface area contributed by atoms with Gasteiger partial charge in [0.2, 0.25) is 11.8 Å². The van der Waals surface area contributed by atoms with E-state index < -0.39 is 5.79 Å². The molecule has 2 aliphatic heterocycles. The number of piperidine rings is 1. The predicted octanol–water partition coefficient (Wildman–Crippen LogP) is 2.53. The Morgan fingerprint density at radius 3 is 2.19 bits per heavy atom. The molecule has 0 N–H and O–H groups in total. The van der Waals surface area contributed by atoms with Crippen molar-refractivity contribution < 1.29 is 19.1 Å². The van der Waals surface area contributed by atoms with Gasteiger partial charge < -0.3 is 19.3 Å². The average molecular weight is 360 g/mol. The van der Waals surface area contributed by atoms with E-state index in [9.17, 15) is 9.59 Å². The first-order valence-corrected chi connectivity index (χ1v) is 9.34. The van der Waals surface area contributed by atoms with Crippen LogP contribution in [0.4, 0.5) is 5.69 Å². The van der Waals surface area contributed by atoms with Gasteiger partial charge in [-0.3, -0.25) is 9.59 Å². The van der Waals surface area contributed by atoms with Crippen LogP contribution in [0.15, 0.2) is 24.3 Å². The van der Waals surface area contributed by atoms with Crippen LogP contribution in [0.3, 0.4) is 0 Å². The predicted molar refractivity (Wildman–Crippen MR) is 99.0 cm³/mol. The Bertz CT molecular complexity index is 640. The van der Waals surface area contributed by atoms with Crippen molar-refractivity contribution in [2.24, 2.45) is 0 Å². The monoisotopic (exact) mass is 360 g/mol. The van der Waals surface area contributed by atoms with Crippen molar-refractivity contribution >= 4 is 17.5 Å². The van der Waals surface area contributed by atoms with Gasteiger partial charge in [-0.15, -0.1) is 0 Å². The van der Waals surface area contributed by atoms with E-state index in [0.717, 1.165) is 5.69 Å². The van der Waals surface area contributed by atoms with E-state index in [1.165, 1.54) is 12.5 Å². The number of rotatable bonds is 4. The maximum Gasteiger partial charge on any atom is 0.242 e. The molecule has 0 atom stereocenters. The summed E-state index contributed by atoms with van der Waals surface area (Å²) in [7, 11) is 0. The Balaban J connectivity index is 1.62. The summed E-state index contributed by atoms with van der Waals surface area (Å²) in [6, 6.07) is 7.85. The molecule has 1 aromatic rings. The molecule has 0 aromatic heterocycles. The number of ether oxygens (including phenoxy) is 2. The highest BCUT2D eigenvalue weighted by molar-refractivity contribution is 5.97. The summed E-state index contributed by atoms with van der Waals surface area (Å²) in [5.41, 5.74) is 1.97. The van der Waals surface area contributed by atoms with Gasteiger partial charge in [0, 0.05) is 38.5 Å². The van der Waals surface area contributed by atoms with Gasteiger partial charge in [-0.1, -0.05) is 26.0 Å². The molecule has 142 valence electrons. The highest BCUT2D eigenvalue weighted by Gasteiger charge is 2.40. The first-order valence-electron chi connectivity index (χ1n) is 9.34. The molecule has 2 aliphatic rings. The molecule has 6 nitrogen and oxygen atoms in total. The van der Waals surface area contributed by atoms with Gasteiger partial charge in [0.15, 0.2) is 5.79 Å². The minimum atomic E-state index is -0.496. The van der Waals surface area contributed by atoms with Crippen molar-refractivity contribution in [2.45, 2.75) is 45.3 Å². The second-order valence-electron chi connectivity index (χ2n) is 7.34. The zero-order valence-electron chi connectivity index (χ0n) is 15.9. The molecule has 1 aromatic carbocycles. The Morgan fingerprint density at radius 2 is 1.69 bits per heavy atom. The molecule has 26 heavy (non-hydrogen) atoms. The number of carbonyl (C=O) groups excluding carboxylic acids is 2. The molecule has 2 saturated heterocycles. The lowest BCUT2D eigenvalue weighted by Crippen LogP contribution is -2.50. The standard InChI is InChI=1S/C20H28N2O4/c1-15(2)17-4-6-18(7-5-17)22(16(3)23)14-19(24)21-10-8-20(9-11-21)25-12-13-26-20/h4-7,15H,8-14H2,1-3H3. The zero-order valence-corrected chi connectivity index (χ0v) is 15.9. The number of anilines is 1. The highest BCUT2D eigenvalue weighted by Crippen LogP contribution is 2.31. The lowest BCUT2D eigenvalue weighted by Gasteiger charge is -2.38.